The number of rotatable bonds is 7. The average molecular weight is 345 g/mol. The molecule has 0 spiro atoms. The zero-order valence-electron chi connectivity index (χ0n) is 14.6. The first-order valence-electron chi connectivity index (χ1n) is 8.17. The van der Waals surface area contributed by atoms with Crippen LogP contribution in [0.15, 0.2) is 24.3 Å². The Bertz CT molecular complexity index is 653. The third-order valence-electron chi connectivity index (χ3n) is 4.40. The summed E-state index contributed by atoms with van der Waals surface area (Å²) in [5.74, 6) is 0.280. The van der Waals surface area contributed by atoms with Gasteiger partial charge in [0.15, 0.2) is 6.61 Å². The van der Waals surface area contributed by atoms with Crippen LogP contribution in [-0.2, 0) is 20.7 Å². The Morgan fingerprint density at radius 1 is 1.36 bits per heavy atom. The monoisotopic (exact) mass is 345 g/mol. The van der Waals surface area contributed by atoms with Gasteiger partial charge in [0.2, 0.25) is 11.8 Å². The maximum Gasteiger partial charge on any atom is 0.248 e. The van der Waals surface area contributed by atoms with Crippen LogP contribution >= 0.6 is 0 Å². The number of nitriles is 1. The van der Waals surface area contributed by atoms with Crippen molar-refractivity contribution in [3.8, 4) is 11.8 Å². The van der Waals surface area contributed by atoms with Crippen molar-refractivity contribution in [3.63, 3.8) is 0 Å². The van der Waals surface area contributed by atoms with Crippen LogP contribution in [0, 0.1) is 11.3 Å². The summed E-state index contributed by atoms with van der Waals surface area (Å²) < 4.78 is 10.4. The molecule has 1 fully saturated rings. The average Bonchev–Trinajstić information content (AvgIpc) is 3.05. The predicted molar refractivity (Wildman–Crippen MR) is 90.9 cm³/mol. The van der Waals surface area contributed by atoms with E-state index in [0.717, 1.165) is 12.0 Å². The highest BCUT2D eigenvalue weighted by molar-refractivity contribution is 5.92. The number of nitrogens with one attached hydrogen (secondary N) is 1. The summed E-state index contributed by atoms with van der Waals surface area (Å²) in [5.41, 5.74) is -0.111. The van der Waals surface area contributed by atoms with Crippen LogP contribution in [0.4, 0.5) is 0 Å². The van der Waals surface area contributed by atoms with E-state index in [1.54, 1.807) is 36.2 Å². The number of hydrogen-bond donors (Lipinski definition) is 1. The molecule has 1 aliphatic heterocycles. The first kappa shape index (κ1) is 18.7. The van der Waals surface area contributed by atoms with E-state index >= 15 is 0 Å². The summed E-state index contributed by atoms with van der Waals surface area (Å²) in [4.78, 5) is 26.8. The number of nitrogens with zero attached hydrogens (tertiary/aromatic N) is 2. The molecule has 1 unspecified atom stereocenters. The molecule has 1 N–H and O–H groups in total. The first-order valence-corrected chi connectivity index (χ1v) is 8.17. The minimum atomic E-state index is -0.934. The number of ether oxygens (including phenoxy) is 2. The molecule has 134 valence electrons. The molecule has 0 aromatic heterocycles. The van der Waals surface area contributed by atoms with Crippen LogP contribution < -0.4 is 10.1 Å². The number of methoxy groups -OCH3 is 1. The largest absolute Gasteiger partial charge is 0.479 e. The van der Waals surface area contributed by atoms with Gasteiger partial charge in [-0.25, -0.2) is 0 Å². The van der Waals surface area contributed by atoms with Crippen molar-refractivity contribution >= 4 is 11.8 Å². The van der Waals surface area contributed by atoms with Crippen LogP contribution in [0.2, 0.25) is 0 Å². The maximum absolute atomic E-state index is 12.8. The van der Waals surface area contributed by atoms with E-state index in [1.807, 2.05) is 6.07 Å². The van der Waals surface area contributed by atoms with E-state index in [-0.39, 0.29) is 31.4 Å². The van der Waals surface area contributed by atoms with Crippen LogP contribution in [0.1, 0.15) is 18.4 Å². The highest BCUT2D eigenvalue weighted by atomic mass is 16.5. The van der Waals surface area contributed by atoms with E-state index in [0.29, 0.717) is 18.7 Å². The lowest BCUT2D eigenvalue weighted by Crippen LogP contribution is -2.59. The van der Waals surface area contributed by atoms with Crippen LogP contribution in [0.5, 0.6) is 5.75 Å². The van der Waals surface area contributed by atoms with Crippen molar-refractivity contribution in [2.45, 2.75) is 24.8 Å². The molecule has 1 aliphatic rings. The fourth-order valence-electron chi connectivity index (χ4n) is 3.25. The molecule has 7 heteroatoms. The lowest BCUT2D eigenvalue weighted by Gasteiger charge is -2.36. The van der Waals surface area contributed by atoms with Crippen molar-refractivity contribution in [1.29, 1.82) is 5.26 Å². The first-order chi connectivity index (χ1) is 12.1. The highest BCUT2D eigenvalue weighted by Crippen LogP contribution is 2.31. The van der Waals surface area contributed by atoms with Gasteiger partial charge in [0, 0.05) is 20.7 Å². The fourth-order valence-corrected chi connectivity index (χ4v) is 3.25. The zero-order chi connectivity index (χ0) is 18.3. The highest BCUT2D eigenvalue weighted by Gasteiger charge is 2.49. The van der Waals surface area contributed by atoms with E-state index in [9.17, 15) is 9.59 Å². The SMILES string of the molecule is CNC(=O)C1(COC)CCCN1C(=O)Cc1ccc(OCC#N)cc1. The zero-order valence-corrected chi connectivity index (χ0v) is 14.6. The molecular formula is C18H23N3O4. The molecule has 1 heterocycles. The summed E-state index contributed by atoms with van der Waals surface area (Å²) in [6.07, 6.45) is 1.55. The van der Waals surface area contributed by atoms with Crippen LogP contribution in [0.3, 0.4) is 0 Å². The van der Waals surface area contributed by atoms with Gasteiger partial charge in [0.1, 0.15) is 17.4 Å². The molecule has 0 radical (unpaired) electrons. The topological polar surface area (TPSA) is 91.7 Å². The fraction of sp³-hybridized carbons (Fsp3) is 0.500. The molecule has 7 nitrogen and oxygen atoms in total. The second-order valence-corrected chi connectivity index (χ2v) is 5.96. The van der Waals surface area contributed by atoms with Crippen molar-refractivity contribution in [2.24, 2.45) is 0 Å². The lowest BCUT2D eigenvalue weighted by atomic mass is 9.95. The van der Waals surface area contributed by atoms with Gasteiger partial charge in [0.05, 0.1) is 13.0 Å². The number of carbonyl (C=O) groups excluding carboxylic acids is 2. The lowest BCUT2D eigenvalue weighted by molar-refractivity contribution is -0.147. The minimum absolute atomic E-state index is 0.0161. The maximum atomic E-state index is 12.8. The molecule has 1 aromatic rings. The van der Waals surface area contributed by atoms with E-state index in [1.165, 1.54) is 7.11 Å². The van der Waals surface area contributed by atoms with Gasteiger partial charge >= 0.3 is 0 Å². The normalized spacial score (nSPS) is 19.3. The number of amides is 2. The molecule has 0 saturated carbocycles. The number of hydrogen-bond acceptors (Lipinski definition) is 5. The predicted octanol–water partition coefficient (Wildman–Crippen LogP) is 0.885. The van der Waals surface area contributed by atoms with Crippen molar-refractivity contribution < 1.29 is 19.1 Å². The van der Waals surface area contributed by atoms with E-state index in [2.05, 4.69) is 5.32 Å². The quantitative estimate of drug-likeness (QED) is 0.792. The summed E-state index contributed by atoms with van der Waals surface area (Å²) in [6.45, 7) is 0.704. The summed E-state index contributed by atoms with van der Waals surface area (Å²) in [7, 11) is 3.10. The van der Waals surface area contributed by atoms with Gasteiger partial charge in [-0.15, -0.1) is 0 Å². The third kappa shape index (κ3) is 4.09. The van der Waals surface area contributed by atoms with Gasteiger partial charge < -0.3 is 19.7 Å². The van der Waals surface area contributed by atoms with Gasteiger partial charge in [0.25, 0.3) is 0 Å². The number of likely N-dealkylation sites (N-methyl/N-ethyl adjacent to an activating group) is 1. The molecule has 1 aromatic carbocycles. The Morgan fingerprint density at radius 2 is 2.08 bits per heavy atom. The molecule has 0 bridgehead atoms. The number of likely N-dealkylation sites (tertiary alicyclic amines) is 1. The minimum Gasteiger partial charge on any atom is -0.479 e. The van der Waals surface area contributed by atoms with Gasteiger partial charge in [-0.2, -0.15) is 5.26 Å². The molecule has 2 amide bonds. The smallest absolute Gasteiger partial charge is 0.248 e. The Kier molecular flexibility index (Phi) is 6.37. The van der Waals surface area contributed by atoms with Crippen molar-refractivity contribution in [2.75, 3.05) is 33.9 Å². The van der Waals surface area contributed by atoms with Crippen LogP contribution in [-0.4, -0.2) is 56.2 Å². The summed E-state index contributed by atoms with van der Waals surface area (Å²) in [6, 6.07) is 8.94. The molecule has 0 aliphatic carbocycles. The third-order valence-corrected chi connectivity index (χ3v) is 4.40. The number of carbonyl (C=O) groups is 2. The van der Waals surface area contributed by atoms with Crippen molar-refractivity contribution in [3.05, 3.63) is 29.8 Å². The molecule has 1 atom stereocenters. The Balaban J connectivity index is 2.10. The van der Waals surface area contributed by atoms with Gasteiger partial charge in [-0.05, 0) is 30.5 Å². The molecular weight excluding hydrogens is 322 g/mol. The Labute approximate surface area is 147 Å². The molecule has 1 saturated heterocycles. The van der Waals surface area contributed by atoms with E-state index < -0.39 is 5.54 Å². The standard InChI is InChI=1S/C18H23N3O4/c1-20-17(23)18(13-24-2)8-3-10-21(18)16(22)12-14-4-6-15(7-5-14)25-11-9-19/h4-7H,3,8,10-13H2,1-2H3,(H,20,23). The van der Waals surface area contributed by atoms with Gasteiger partial charge in [-0.1, -0.05) is 12.1 Å². The molecule has 2 rings (SSSR count). The summed E-state index contributed by atoms with van der Waals surface area (Å²) >= 11 is 0. The van der Waals surface area contributed by atoms with Crippen LogP contribution in [0.25, 0.3) is 0 Å². The molecule has 25 heavy (non-hydrogen) atoms. The Hall–Kier alpha value is -2.59. The van der Waals surface area contributed by atoms with Gasteiger partial charge in [-0.3, -0.25) is 9.59 Å². The summed E-state index contributed by atoms with van der Waals surface area (Å²) in [5, 5.41) is 11.2. The number of benzene rings is 1. The second-order valence-electron chi connectivity index (χ2n) is 5.96. The van der Waals surface area contributed by atoms with Crippen molar-refractivity contribution in [1.82, 2.24) is 10.2 Å². The Morgan fingerprint density at radius 3 is 2.68 bits per heavy atom. The van der Waals surface area contributed by atoms with E-state index in [4.69, 9.17) is 14.7 Å². The second kappa shape index (κ2) is 8.49.